The van der Waals surface area contributed by atoms with Crippen LogP contribution in [0.15, 0.2) is 53.7 Å². The summed E-state index contributed by atoms with van der Waals surface area (Å²) in [6.45, 7) is 3.85. The second-order valence-electron chi connectivity index (χ2n) is 7.99. The number of carboxylic acid groups (broad SMARTS) is 1. The fourth-order valence-electron chi connectivity index (χ4n) is 3.22. The second-order valence-corrected chi connectivity index (χ2v) is 9.33. The molecule has 2 aromatic carbocycles. The normalized spacial score (nSPS) is 12.9. The fraction of sp³-hybridized carbons (Fsp3) is 0.364. The van der Waals surface area contributed by atoms with Crippen molar-refractivity contribution in [1.29, 1.82) is 0 Å². The number of benzene rings is 2. The van der Waals surface area contributed by atoms with Crippen molar-refractivity contribution >= 4 is 33.9 Å². The Hall–Kier alpha value is -2.51. The first-order valence-electron chi connectivity index (χ1n) is 9.53. The molecule has 0 aliphatic rings. The van der Waals surface area contributed by atoms with Gasteiger partial charge in [-0.2, -0.15) is 4.98 Å². The van der Waals surface area contributed by atoms with Crippen molar-refractivity contribution in [3.63, 3.8) is 0 Å². The van der Waals surface area contributed by atoms with Gasteiger partial charge < -0.3 is 14.6 Å². The third-order valence-corrected chi connectivity index (χ3v) is 6.41. The van der Waals surface area contributed by atoms with Gasteiger partial charge in [-0.1, -0.05) is 30.3 Å². The maximum absolute atomic E-state index is 13.3. The maximum atomic E-state index is 13.3. The summed E-state index contributed by atoms with van der Waals surface area (Å²) in [6, 6.07) is 15.5. The Balaban J connectivity index is 1.95. The van der Waals surface area contributed by atoms with E-state index < -0.39 is 22.6 Å². The summed E-state index contributed by atoms with van der Waals surface area (Å²) in [7, 11) is 3.93. The predicted molar refractivity (Wildman–Crippen MR) is 117 cm³/mol. The minimum Gasteiger partial charge on any atom is -0.609 e. The van der Waals surface area contributed by atoms with Crippen molar-refractivity contribution in [2.24, 2.45) is 5.41 Å². The van der Waals surface area contributed by atoms with Gasteiger partial charge in [-0.25, -0.2) is 0 Å². The molecule has 7 heteroatoms. The highest BCUT2D eigenvalue weighted by Gasteiger charge is 2.29. The second kappa shape index (κ2) is 8.47. The Morgan fingerprint density at radius 2 is 1.83 bits per heavy atom. The molecule has 0 radical (unpaired) electrons. The largest absolute Gasteiger partial charge is 0.609 e. The number of aromatic nitrogens is 2. The van der Waals surface area contributed by atoms with Crippen molar-refractivity contribution in [3.8, 4) is 0 Å². The molecule has 3 aromatic rings. The third-order valence-electron chi connectivity index (χ3n) is 5.12. The molecule has 0 aliphatic heterocycles. The lowest BCUT2D eigenvalue weighted by atomic mass is 9.89. The van der Waals surface area contributed by atoms with Crippen LogP contribution in [-0.4, -0.2) is 39.3 Å². The number of imidazole rings is 1. The van der Waals surface area contributed by atoms with Gasteiger partial charge in [0.05, 0.1) is 16.4 Å². The average Bonchev–Trinajstić information content (AvgIpc) is 3.05. The molecule has 6 nitrogen and oxygen atoms in total. The summed E-state index contributed by atoms with van der Waals surface area (Å²) in [5, 5.41) is 9.94. The molecule has 1 atom stereocenters. The molecule has 0 saturated carbocycles. The van der Waals surface area contributed by atoms with Crippen LogP contribution in [0.5, 0.6) is 0 Å². The predicted octanol–water partition coefficient (Wildman–Crippen LogP) is 3.91. The lowest BCUT2D eigenvalue weighted by molar-refractivity contribution is -0.147. The highest BCUT2D eigenvalue weighted by atomic mass is 32.2. The number of aryl methyl sites for hydroxylation is 1. The molecule has 1 heterocycles. The Labute approximate surface area is 174 Å². The van der Waals surface area contributed by atoms with E-state index in [2.05, 4.69) is 4.98 Å². The number of rotatable bonds is 8. The van der Waals surface area contributed by atoms with Gasteiger partial charge in [-0.05, 0) is 38.5 Å². The first-order valence-corrected chi connectivity index (χ1v) is 10.8. The smallest absolute Gasteiger partial charge is 0.324 e. The Kier molecular flexibility index (Phi) is 6.19. The lowest BCUT2D eigenvalue weighted by Gasteiger charge is -2.21. The minimum atomic E-state index is -1.37. The number of carboxylic acids is 1. The summed E-state index contributed by atoms with van der Waals surface area (Å²) < 4.78 is 15.2. The number of aliphatic carboxylic acids is 1. The van der Waals surface area contributed by atoms with Gasteiger partial charge in [0.15, 0.2) is 0 Å². The van der Waals surface area contributed by atoms with Crippen LogP contribution in [0.3, 0.4) is 0 Å². The van der Waals surface area contributed by atoms with Crippen LogP contribution in [0, 0.1) is 5.41 Å². The molecule has 0 spiro atoms. The number of nitrogens with zero attached hydrogens (tertiary/aromatic N) is 3. The van der Waals surface area contributed by atoms with Crippen molar-refractivity contribution in [2.75, 3.05) is 19.0 Å². The monoisotopic (exact) mass is 413 g/mol. The molecule has 0 saturated heterocycles. The molecule has 29 heavy (non-hydrogen) atoms. The number of hydrogen-bond donors (Lipinski definition) is 1. The number of carbonyl (C=O) groups is 1. The summed E-state index contributed by atoms with van der Waals surface area (Å²) >= 11 is -1.37. The van der Waals surface area contributed by atoms with Crippen LogP contribution in [0.25, 0.3) is 11.0 Å². The van der Waals surface area contributed by atoms with Crippen LogP contribution in [-0.2, 0) is 28.3 Å². The van der Waals surface area contributed by atoms with E-state index in [-0.39, 0.29) is 0 Å². The summed E-state index contributed by atoms with van der Waals surface area (Å²) in [5.74, 6) is -0.496. The first kappa shape index (κ1) is 21.2. The zero-order chi connectivity index (χ0) is 21.2. The zero-order valence-electron chi connectivity index (χ0n) is 17.3. The van der Waals surface area contributed by atoms with Crippen molar-refractivity contribution in [2.45, 2.75) is 37.7 Å². The summed E-state index contributed by atoms with van der Waals surface area (Å²) in [5.41, 5.74) is 2.78. The van der Waals surface area contributed by atoms with E-state index in [9.17, 15) is 14.5 Å². The van der Waals surface area contributed by atoms with Crippen molar-refractivity contribution in [1.82, 2.24) is 9.55 Å². The molecule has 0 fully saturated rings. The van der Waals surface area contributed by atoms with E-state index in [1.807, 2.05) is 72.1 Å². The fourth-order valence-corrected chi connectivity index (χ4v) is 4.51. The zero-order valence-corrected chi connectivity index (χ0v) is 18.1. The quantitative estimate of drug-likeness (QED) is 0.566. The van der Waals surface area contributed by atoms with E-state index in [1.165, 1.54) is 0 Å². The molecule has 0 bridgehead atoms. The van der Waals surface area contributed by atoms with Gasteiger partial charge in [-0.15, -0.1) is 0 Å². The standard InChI is InChI=1S/C22H27N3O3S/c1-22(2,20(26)27)13-14-25-19-12-8-6-10-17(19)23-21(25)29(28)15-16-9-5-7-11-18(16)24(3)4/h5-12H,13-15H2,1-4H3,(H,26,27). The molecule has 3 rings (SSSR count). The molecule has 0 aliphatic carbocycles. The Bertz CT molecular complexity index is 1010. The molecule has 154 valence electrons. The van der Waals surface area contributed by atoms with Gasteiger partial charge in [0, 0.05) is 43.1 Å². The van der Waals surface area contributed by atoms with Crippen LogP contribution in [0.4, 0.5) is 5.69 Å². The van der Waals surface area contributed by atoms with Gasteiger partial charge in [0.1, 0.15) is 5.75 Å². The molecular formula is C22H27N3O3S. The molecule has 1 unspecified atom stereocenters. The van der Waals surface area contributed by atoms with E-state index in [4.69, 9.17) is 0 Å². The van der Waals surface area contributed by atoms with Crippen LogP contribution in [0.1, 0.15) is 25.8 Å². The number of para-hydroxylation sites is 3. The lowest BCUT2D eigenvalue weighted by Crippen LogP contribution is -2.26. The first-order chi connectivity index (χ1) is 13.7. The average molecular weight is 414 g/mol. The minimum absolute atomic E-state index is 0.347. The van der Waals surface area contributed by atoms with Gasteiger partial charge >= 0.3 is 11.1 Å². The van der Waals surface area contributed by atoms with E-state index >= 15 is 0 Å². The van der Waals surface area contributed by atoms with Gasteiger partial charge in [-0.3, -0.25) is 9.36 Å². The number of hydrogen-bond acceptors (Lipinski definition) is 4. The maximum Gasteiger partial charge on any atom is 0.324 e. The molecular weight excluding hydrogens is 386 g/mol. The van der Waals surface area contributed by atoms with Gasteiger partial charge in [0.2, 0.25) is 0 Å². The Morgan fingerprint density at radius 1 is 1.17 bits per heavy atom. The number of fused-ring (bicyclic) bond motifs is 1. The summed E-state index contributed by atoms with van der Waals surface area (Å²) in [4.78, 5) is 18.2. The van der Waals surface area contributed by atoms with E-state index in [1.54, 1.807) is 13.8 Å². The van der Waals surface area contributed by atoms with E-state index in [0.29, 0.717) is 23.9 Å². The van der Waals surface area contributed by atoms with E-state index in [0.717, 1.165) is 22.3 Å². The molecule has 0 amide bonds. The third kappa shape index (κ3) is 4.57. The molecule has 1 aromatic heterocycles. The summed E-state index contributed by atoms with van der Waals surface area (Å²) in [6.07, 6.45) is 0.418. The van der Waals surface area contributed by atoms with Crippen molar-refractivity contribution < 1.29 is 14.5 Å². The van der Waals surface area contributed by atoms with Gasteiger partial charge in [0.25, 0.3) is 0 Å². The van der Waals surface area contributed by atoms with Crippen molar-refractivity contribution in [3.05, 3.63) is 54.1 Å². The van der Waals surface area contributed by atoms with Crippen LogP contribution in [0.2, 0.25) is 0 Å². The number of anilines is 1. The topological polar surface area (TPSA) is 81.4 Å². The Morgan fingerprint density at radius 3 is 2.52 bits per heavy atom. The molecule has 1 N–H and O–H groups in total. The highest BCUT2D eigenvalue weighted by Crippen LogP contribution is 2.28. The highest BCUT2D eigenvalue weighted by molar-refractivity contribution is 7.90. The SMILES string of the molecule is CN(C)c1ccccc1C[S+]([O-])c1nc2ccccc2n1CCC(C)(C)C(=O)O. The van der Waals surface area contributed by atoms with Crippen LogP contribution < -0.4 is 4.90 Å². The van der Waals surface area contributed by atoms with Crippen LogP contribution >= 0.6 is 0 Å².